The Morgan fingerprint density at radius 2 is 2.14 bits per heavy atom. The van der Waals surface area contributed by atoms with Crippen LogP contribution in [0.25, 0.3) is 0 Å². The summed E-state index contributed by atoms with van der Waals surface area (Å²) in [6.07, 6.45) is 0.259. The molecule has 1 fully saturated rings. The lowest BCUT2D eigenvalue weighted by Gasteiger charge is -2.32. The van der Waals surface area contributed by atoms with Gasteiger partial charge in [0.25, 0.3) is 0 Å². The molecule has 0 aromatic heterocycles. The summed E-state index contributed by atoms with van der Waals surface area (Å²) >= 11 is 0. The van der Waals surface area contributed by atoms with Crippen molar-refractivity contribution in [3.05, 3.63) is 35.9 Å². The van der Waals surface area contributed by atoms with Gasteiger partial charge in [0, 0.05) is 19.7 Å². The van der Waals surface area contributed by atoms with E-state index in [1.807, 2.05) is 37.3 Å². The van der Waals surface area contributed by atoms with Crippen molar-refractivity contribution in [3.63, 3.8) is 0 Å². The van der Waals surface area contributed by atoms with E-state index < -0.39 is 22.2 Å². The molecule has 1 saturated heterocycles. The molecule has 2 rings (SSSR count). The number of sulfonamides is 1. The summed E-state index contributed by atoms with van der Waals surface area (Å²) in [5, 5.41) is 9.01. The normalized spacial score (nSPS) is 18.6. The molecule has 1 aliphatic heterocycles. The number of aliphatic hydroxyl groups is 1. The molecular weight excluding hydrogens is 384 g/mol. The second-order valence-corrected chi connectivity index (χ2v) is 8.75. The number of rotatable bonds is 10. The first-order valence-electron chi connectivity index (χ1n) is 9.59. The van der Waals surface area contributed by atoms with Gasteiger partial charge in [-0.3, -0.25) is 0 Å². The highest BCUT2D eigenvalue weighted by molar-refractivity contribution is 7.89. The molecular formula is C19H30N2O6S. The van der Waals surface area contributed by atoms with Crippen molar-refractivity contribution in [2.75, 3.05) is 38.6 Å². The maximum Gasteiger partial charge on any atom is 0.410 e. The van der Waals surface area contributed by atoms with E-state index in [0.717, 1.165) is 12.0 Å². The van der Waals surface area contributed by atoms with E-state index in [1.165, 1.54) is 4.90 Å². The van der Waals surface area contributed by atoms with Gasteiger partial charge in [-0.1, -0.05) is 43.7 Å². The largest absolute Gasteiger partial charge is 0.445 e. The SMILES string of the molecule is CC[C@H](CCO)CNS(=O)(=O)C[C@@H]1CN(C(=O)OCc2ccccc2)CCO1. The quantitative estimate of drug-likeness (QED) is 0.599. The molecule has 0 radical (unpaired) electrons. The molecule has 8 nitrogen and oxygen atoms in total. The third-order valence-electron chi connectivity index (χ3n) is 4.71. The van der Waals surface area contributed by atoms with Crippen LogP contribution in [-0.2, 0) is 26.1 Å². The van der Waals surface area contributed by atoms with Gasteiger partial charge in [-0.15, -0.1) is 0 Å². The van der Waals surface area contributed by atoms with Crippen LogP contribution in [0.15, 0.2) is 30.3 Å². The predicted molar refractivity (Wildman–Crippen MR) is 105 cm³/mol. The minimum atomic E-state index is -3.54. The van der Waals surface area contributed by atoms with Gasteiger partial charge in [0.2, 0.25) is 10.0 Å². The van der Waals surface area contributed by atoms with Crippen molar-refractivity contribution in [2.45, 2.75) is 32.5 Å². The number of hydrogen-bond acceptors (Lipinski definition) is 6. The van der Waals surface area contributed by atoms with Crippen molar-refractivity contribution < 1.29 is 27.8 Å². The number of ether oxygens (including phenoxy) is 2. The van der Waals surface area contributed by atoms with Gasteiger partial charge in [0.05, 0.1) is 25.0 Å². The van der Waals surface area contributed by atoms with E-state index in [0.29, 0.717) is 13.0 Å². The number of carbonyl (C=O) groups excluding carboxylic acids is 1. The van der Waals surface area contributed by atoms with Crippen LogP contribution in [0.1, 0.15) is 25.3 Å². The summed E-state index contributed by atoms with van der Waals surface area (Å²) in [5.74, 6) is -0.123. The lowest BCUT2D eigenvalue weighted by molar-refractivity contribution is -0.0179. The number of carbonyl (C=O) groups is 1. The molecule has 158 valence electrons. The molecule has 1 aliphatic rings. The van der Waals surface area contributed by atoms with Gasteiger partial charge >= 0.3 is 6.09 Å². The smallest absolute Gasteiger partial charge is 0.410 e. The second kappa shape index (κ2) is 11.4. The van der Waals surface area contributed by atoms with Crippen molar-refractivity contribution in [2.24, 2.45) is 5.92 Å². The summed E-state index contributed by atoms with van der Waals surface area (Å²) in [6, 6.07) is 9.37. The highest BCUT2D eigenvalue weighted by atomic mass is 32.2. The highest BCUT2D eigenvalue weighted by Gasteiger charge is 2.29. The molecule has 28 heavy (non-hydrogen) atoms. The first kappa shape index (κ1) is 22.6. The average molecular weight is 415 g/mol. The van der Waals surface area contributed by atoms with Crippen LogP contribution < -0.4 is 4.72 Å². The molecule has 0 bridgehead atoms. The third kappa shape index (κ3) is 7.75. The number of morpholine rings is 1. The third-order valence-corrected chi connectivity index (χ3v) is 6.13. The topological polar surface area (TPSA) is 105 Å². The molecule has 1 aromatic carbocycles. The number of amides is 1. The molecule has 1 amide bonds. The summed E-state index contributed by atoms with van der Waals surface area (Å²) in [6.45, 7) is 3.25. The van der Waals surface area contributed by atoms with Crippen molar-refractivity contribution >= 4 is 16.1 Å². The Bertz CT molecular complexity index is 698. The van der Waals surface area contributed by atoms with E-state index in [-0.39, 0.29) is 44.6 Å². The Balaban J connectivity index is 1.80. The fraction of sp³-hybridized carbons (Fsp3) is 0.632. The maximum atomic E-state index is 12.3. The molecule has 0 aliphatic carbocycles. The Morgan fingerprint density at radius 3 is 2.82 bits per heavy atom. The minimum absolute atomic E-state index is 0.0338. The van der Waals surface area contributed by atoms with Crippen LogP contribution in [0.3, 0.4) is 0 Å². The van der Waals surface area contributed by atoms with Crippen molar-refractivity contribution in [3.8, 4) is 0 Å². The predicted octanol–water partition coefficient (Wildman–Crippen LogP) is 1.35. The zero-order chi connectivity index (χ0) is 20.4. The summed E-state index contributed by atoms with van der Waals surface area (Å²) in [5.41, 5.74) is 0.890. The number of benzene rings is 1. The van der Waals surface area contributed by atoms with Gasteiger partial charge in [-0.05, 0) is 17.9 Å². The molecule has 0 unspecified atom stereocenters. The van der Waals surface area contributed by atoms with Crippen molar-refractivity contribution in [1.29, 1.82) is 0 Å². The van der Waals surface area contributed by atoms with Gasteiger partial charge in [-0.2, -0.15) is 0 Å². The van der Waals surface area contributed by atoms with E-state index in [1.54, 1.807) is 0 Å². The Kier molecular flexibility index (Phi) is 9.17. The van der Waals surface area contributed by atoms with E-state index >= 15 is 0 Å². The summed E-state index contributed by atoms with van der Waals surface area (Å²) in [7, 11) is -3.54. The van der Waals surface area contributed by atoms with Gasteiger partial charge in [0.15, 0.2) is 0 Å². The molecule has 1 heterocycles. The molecule has 2 atom stereocenters. The highest BCUT2D eigenvalue weighted by Crippen LogP contribution is 2.11. The zero-order valence-electron chi connectivity index (χ0n) is 16.2. The van der Waals surface area contributed by atoms with Gasteiger partial charge in [0.1, 0.15) is 6.61 Å². The Morgan fingerprint density at radius 1 is 1.39 bits per heavy atom. The monoisotopic (exact) mass is 414 g/mol. The molecule has 1 aromatic rings. The summed E-state index contributed by atoms with van der Waals surface area (Å²) in [4.78, 5) is 13.7. The van der Waals surface area contributed by atoms with Crippen LogP contribution in [0.5, 0.6) is 0 Å². The van der Waals surface area contributed by atoms with E-state index in [2.05, 4.69) is 4.72 Å². The Hall–Kier alpha value is -1.68. The number of nitrogens with zero attached hydrogens (tertiary/aromatic N) is 1. The van der Waals surface area contributed by atoms with Crippen LogP contribution in [0.2, 0.25) is 0 Å². The first-order chi connectivity index (χ1) is 13.4. The first-order valence-corrected chi connectivity index (χ1v) is 11.2. The summed E-state index contributed by atoms with van der Waals surface area (Å²) < 4.78 is 38.1. The molecule has 0 spiro atoms. The average Bonchev–Trinajstić information content (AvgIpc) is 2.70. The number of aliphatic hydroxyl groups excluding tert-OH is 1. The standard InChI is InChI=1S/C19H30N2O6S/c1-2-16(8-10-22)12-20-28(24,25)15-18-13-21(9-11-26-18)19(23)27-14-17-6-4-3-5-7-17/h3-7,16,18,20,22H,2,8-15H2,1H3/t16-,18+/m1/s1. The number of hydrogen-bond donors (Lipinski definition) is 2. The van der Waals surface area contributed by atoms with Crippen LogP contribution in [-0.4, -0.2) is 69.2 Å². The maximum absolute atomic E-state index is 12.3. The van der Waals surface area contributed by atoms with E-state index in [9.17, 15) is 13.2 Å². The van der Waals surface area contributed by atoms with Crippen LogP contribution >= 0.6 is 0 Å². The van der Waals surface area contributed by atoms with Crippen LogP contribution in [0, 0.1) is 5.92 Å². The number of nitrogens with one attached hydrogen (secondary N) is 1. The Labute approximate surface area is 166 Å². The fourth-order valence-electron chi connectivity index (χ4n) is 2.98. The lowest BCUT2D eigenvalue weighted by Crippen LogP contribution is -2.49. The zero-order valence-corrected chi connectivity index (χ0v) is 17.1. The van der Waals surface area contributed by atoms with E-state index in [4.69, 9.17) is 14.6 Å². The van der Waals surface area contributed by atoms with Gasteiger partial charge in [-0.25, -0.2) is 17.9 Å². The second-order valence-electron chi connectivity index (χ2n) is 6.90. The lowest BCUT2D eigenvalue weighted by atomic mass is 10.0. The molecule has 2 N–H and O–H groups in total. The molecule has 9 heteroatoms. The van der Waals surface area contributed by atoms with Crippen LogP contribution in [0.4, 0.5) is 4.79 Å². The molecule has 0 saturated carbocycles. The minimum Gasteiger partial charge on any atom is -0.445 e. The fourth-order valence-corrected chi connectivity index (χ4v) is 4.28. The van der Waals surface area contributed by atoms with Gasteiger partial charge < -0.3 is 19.5 Å². The van der Waals surface area contributed by atoms with Crippen molar-refractivity contribution in [1.82, 2.24) is 9.62 Å².